The molecule has 0 spiro atoms. The maximum Gasteiger partial charge on any atom is 0.264 e. The lowest BCUT2D eigenvalue weighted by Crippen LogP contribution is -2.10. The molecular weight excluding hydrogens is 506 g/mol. The van der Waals surface area contributed by atoms with E-state index in [9.17, 15) is 13.9 Å². The van der Waals surface area contributed by atoms with Gasteiger partial charge in [-0.25, -0.2) is 13.8 Å². The molecule has 0 aliphatic heterocycles. The second-order valence-electron chi connectivity index (χ2n) is 8.01. The normalized spacial score (nSPS) is 11.2. The maximum absolute atomic E-state index is 13.1. The van der Waals surface area contributed by atoms with Crippen molar-refractivity contribution in [2.75, 3.05) is 0 Å². The Kier molecular flexibility index (Phi) is 35.5. The first-order valence-electron chi connectivity index (χ1n) is 14.6. The molecule has 2 aromatic carbocycles. The first-order chi connectivity index (χ1) is 19.1. The fourth-order valence-electron chi connectivity index (χ4n) is 2.44. The van der Waals surface area contributed by atoms with Crippen LogP contribution in [0.5, 0.6) is 0 Å². The molecule has 6 heteroatoms. The molecule has 230 valence electrons. The van der Waals surface area contributed by atoms with Crippen LogP contribution in [0.25, 0.3) is 17.2 Å². The van der Waals surface area contributed by atoms with E-state index in [1.54, 1.807) is 68.5 Å². The number of hydrogen-bond donors (Lipinski definition) is 3. The summed E-state index contributed by atoms with van der Waals surface area (Å²) in [5.41, 5.74) is 8.02. The molecule has 1 atom stereocenters. The molecule has 1 unspecified atom stereocenters. The Morgan fingerprint density at radius 1 is 0.900 bits per heavy atom. The van der Waals surface area contributed by atoms with Gasteiger partial charge in [-0.1, -0.05) is 136 Å². The third-order valence-electron chi connectivity index (χ3n) is 4.31. The van der Waals surface area contributed by atoms with Crippen molar-refractivity contribution in [2.24, 2.45) is 10.7 Å². The van der Waals surface area contributed by atoms with Gasteiger partial charge in [0.15, 0.2) is 0 Å². The average molecular weight is 565 g/mol. The number of amidine groups is 1. The fourth-order valence-corrected chi connectivity index (χ4v) is 2.44. The molecule has 0 heterocycles. The number of unbranched alkanes of at least 4 members (excludes halogenated alkanes) is 1. The number of halogens is 2. The fraction of sp³-hybridized carbons (Fsp3) is 0.500. The summed E-state index contributed by atoms with van der Waals surface area (Å²) in [6.45, 7) is 21.8. The third-order valence-corrected chi connectivity index (χ3v) is 4.31. The van der Waals surface area contributed by atoms with Crippen molar-refractivity contribution in [1.29, 1.82) is 0 Å². The van der Waals surface area contributed by atoms with Gasteiger partial charge >= 0.3 is 0 Å². The zero-order chi connectivity index (χ0) is 31.9. The number of benzene rings is 2. The molecule has 2 rings (SSSR count). The molecule has 0 saturated heterocycles. The predicted molar refractivity (Wildman–Crippen MR) is 175 cm³/mol. The second kappa shape index (κ2) is 32.2. The molecule has 2 aromatic rings. The standard InChI is InChI=1S/C19H20F2N2O.C4H8O.C4H10.C3H8.2C2H6/c1-12(24)18(23-13(2)22)11-14-7-9-15(10-8-14)16-5-3-4-6-17(16)19(20)21;1-2-3-4-5;1-3-4-2;1-3-2;2*1-2/h3-12,19,24H,1-2H3,(H2,22,23);3-5H,2H2,1H3;3-4H2,1-2H3;3H2,1-2H3;2*1-2H3/b18-11-;4-3+;;;;. The SMILES string of the molecule is CC.CC.CC(N)=N/C(=C\c1ccc(-c2ccccc2C(F)F)cc1)C(C)O.CC/C=C/O.CCC.CCCC. The summed E-state index contributed by atoms with van der Waals surface area (Å²) in [5, 5.41) is 17.6. The molecule has 0 amide bonds. The van der Waals surface area contributed by atoms with E-state index in [1.807, 2.05) is 34.6 Å². The molecule has 0 aliphatic rings. The number of nitrogens with zero attached hydrogens (tertiary/aromatic N) is 1. The van der Waals surface area contributed by atoms with Crippen LogP contribution in [0, 0.1) is 0 Å². The maximum atomic E-state index is 13.1. The van der Waals surface area contributed by atoms with Gasteiger partial charge in [-0.3, -0.25) is 0 Å². The van der Waals surface area contributed by atoms with Gasteiger partial charge < -0.3 is 15.9 Å². The monoisotopic (exact) mass is 564 g/mol. The van der Waals surface area contributed by atoms with Crippen molar-refractivity contribution in [3.8, 4) is 11.1 Å². The van der Waals surface area contributed by atoms with Crippen molar-refractivity contribution in [1.82, 2.24) is 0 Å². The Morgan fingerprint density at radius 2 is 1.38 bits per heavy atom. The predicted octanol–water partition coefficient (Wildman–Crippen LogP) is 11.1. The summed E-state index contributed by atoms with van der Waals surface area (Å²) < 4.78 is 26.2. The molecule has 0 fully saturated rings. The molecule has 40 heavy (non-hydrogen) atoms. The zero-order valence-electron chi connectivity index (χ0n) is 27.0. The average Bonchev–Trinajstić information content (AvgIpc) is 2.96. The lowest BCUT2D eigenvalue weighted by atomic mass is 9.98. The lowest BCUT2D eigenvalue weighted by molar-refractivity contribution is 0.152. The van der Waals surface area contributed by atoms with Gasteiger partial charge in [0.05, 0.1) is 23.9 Å². The number of rotatable bonds is 7. The molecule has 4 N–H and O–H groups in total. The van der Waals surface area contributed by atoms with Crippen molar-refractivity contribution in [2.45, 2.75) is 114 Å². The molecular formula is C34H58F2N2O2. The van der Waals surface area contributed by atoms with E-state index in [1.165, 1.54) is 25.3 Å². The smallest absolute Gasteiger partial charge is 0.264 e. The molecule has 0 aliphatic carbocycles. The van der Waals surface area contributed by atoms with E-state index in [4.69, 9.17) is 10.8 Å². The topological polar surface area (TPSA) is 78.8 Å². The second-order valence-corrected chi connectivity index (χ2v) is 8.01. The molecule has 0 radical (unpaired) electrons. The van der Waals surface area contributed by atoms with Crippen LogP contribution in [-0.2, 0) is 0 Å². The number of aliphatic hydroxyl groups is 2. The van der Waals surface area contributed by atoms with Crippen molar-refractivity contribution < 1.29 is 19.0 Å². The van der Waals surface area contributed by atoms with Crippen molar-refractivity contribution in [3.63, 3.8) is 0 Å². The van der Waals surface area contributed by atoms with E-state index in [0.717, 1.165) is 18.2 Å². The van der Waals surface area contributed by atoms with E-state index in [0.29, 0.717) is 22.7 Å². The van der Waals surface area contributed by atoms with Crippen LogP contribution >= 0.6 is 0 Å². The zero-order valence-corrected chi connectivity index (χ0v) is 27.0. The van der Waals surface area contributed by atoms with Crippen LogP contribution in [0.1, 0.15) is 119 Å². The molecule has 4 nitrogen and oxygen atoms in total. The highest BCUT2D eigenvalue weighted by Crippen LogP contribution is 2.31. The van der Waals surface area contributed by atoms with Gasteiger partial charge in [0.2, 0.25) is 0 Å². The van der Waals surface area contributed by atoms with Gasteiger partial charge in [0, 0.05) is 5.56 Å². The summed E-state index contributed by atoms with van der Waals surface area (Å²) in [6, 6.07) is 13.6. The van der Waals surface area contributed by atoms with Crippen LogP contribution < -0.4 is 5.73 Å². The van der Waals surface area contributed by atoms with Gasteiger partial charge in [0.25, 0.3) is 6.43 Å². The first-order valence-corrected chi connectivity index (χ1v) is 14.6. The number of aliphatic imine (C=N–C) groups is 1. The highest BCUT2D eigenvalue weighted by molar-refractivity contribution is 5.79. The number of aliphatic hydroxyl groups excluding tert-OH is 2. The van der Waals surface area contributed by atoms with Gasteiger partial charge in [-0.2, -0.15) is 0 Å². The van der Waals surface area contributed by atoms with Gasteiger partial charge in [-0.15, -0.1) is 0 Å². The minimum absolute atomic E-state index is 0.00816. The van der Waals surface area contributed by atoms with Crippen LogP contribution in [-0.4, -0.2) is 22.2 Å². The third kappa shape index (κ3) is 24.1. The summed E-state index contributed by atoms with van der Waals surface area (Å²) in [4.78, 5) is 4.10. The highest BCUT2D eigenvalue weighted by atomic mass is 19.3. The van der Waals surface area contributed by atoms with E-state index >= 15 is 0 Å². The largest absolute Gasteiger partial charge is 0.516 e. The quantitative estimate of drug-likeness (QED) is 0.178. The van der Waals surface area contributed by atoms with Crippen LogP contribution in [0.2, 0.25) is 0 Å². The highest BCUT2D eigenvalue weighted by Gasteiger charge is 2.13. The van der Waals surface area contributed by atoms with E-state index in [2.05, 4.69) is 32.7 Å². The summed E-state index contributed by atoms with van der Waals surface area (Å²) in [5.74, 6) is 0.352. The van der Waals surface area contributed by atoms with Crippen LogP contribution in [0.15, 0.2) is 71.6 Å². The van der Waals surface area contributed by atoms with Gasteiger partial charge in [0.1, 0.15) is 0 Å². The van der Waals surface area contributed by atoms with Crippen molar-refractivity contribution >= 4 is 11.9 Å². The van der Waals surface area contributed by atoms with Crippen LogP contribution in [0.4, 0.5) is 8.78 Å². The molecule has 0 aromatic heterocycles. The molecule has 0 saturated carbocycles. The first kappa shape index (κ1) is 44.0. The Balaban J connectivity index is -0.000000336. The van der Waals surface area contributed by atoms with Crippen LogP contribution in [0.3, 0.4) is 0 Å². The Hall–Kier alpha value is -2.99. The van der Waals surface area contributed by atoms with E-state index < -0.39 is 12.5 Å². The Morgan fingerprint density at radius 3 is 1.70 bits per heavy atom. The number of hydrogen-bond acceptors (Lipinski definition) is 3. The minimum atomic E-state index is -2.52. The Bertz CT molecular complexity index is 885. The minimum Gasteiger partial charge on any atom is -0.516 e. The molecule has 0 bridgehead atoms. The number of nitrogens with two attached hydrogens (primary N) is 1. The number of allylic oxidation sites excluding steroid dienone is 1. The summed E-state index contributed by atoms with van der Waals surface area (Å²) >= 11 is 0. The Labute approximate surface area is 244 Å². The van der Waals surface area contributed by atoms with E-state index in [-0.39, 0.29) is 5.56 Å². The summed E-state index contributed by atoms with van der Waals surface area (Å²) in [6.07, 6.45) is 5.97. The van der Waals surface area contributed by atoms with Crippen molar-refractivity contribution in [3.05, 3.63) is 77.7 Å². The number of alkyl halides is 2. The summed E-state index contributed by atoms with van der Waals surface area (Å²) in [7, 11) is 0. The lowest BCUT2D eigenvalue weighted by Gasteiger charge is -2.10. The van der Waals surface area contributed by atoms with Gasteiger partial charge in [-0.05, 0) is 43.0 Å².